The first-order valence-electron chi connectivity index (χ1n) is 15.1. The minimum Gasteiger partial charge on any atom is -0.450 e. The molecule has 7 aromatic rings. The molecule has 2 heterocycles. The van der Waals surface area contributed by atoms with Gasteiger partial charge in [0.05, 0.1) is 5.41 Å². The maximum atomic E-state index is 6.48. The van der Waals surface area contributed by atoms with Crippen molar-refractivity contribution in [1.82, 2.24) is 9.97 Å². The fourth-order valence-electron chi connectivity index (χ4n) is 7.55. The monoisotopic (exact) mass is 576 g/mol. The zero-order chi connectivity index (χ0) is 29.5. The summed E-state index contributed by atoms with van der Waals surface area (Å²) in [6.45, 7) is 0. The van der Waals surface area contributed by atoms with Crippen LogP contribution in [0.4, 0.5) is 0 Å². The maximum Gasteiger partial charge on any atom is 0.170 e. The van der Waals surface area contributed by atoms with E-state index in [9.17, 15) is 0 Å². The lowest BCUT2D eigenvalue weighted by atomic mass is 9.70. The van der Waals surface area contributed by atoms with Gasteiger partial charge in [0.1, 0.15) is 0 Å². The molecule has 0 amide bonds. The summed E-state index contributed by atoms with van der Waals surface area (Å²) in [6.07, 6.45) is 3.83. The molecular weight excluding hydrogens is 552 g/mol. The summed E-state index contributed by atoms with van der Waals surface area (Å²) in [5, 5.41) is 0. The largest absolute Gasteiger partial charge is 0.450 e. The van der Waals surface area contributed by atoms with Crippen molar-refractivity contribution in [2.24, 2.45) is 0 Å². The van der Waals surface area contributed by atoms with Gasteiger partial charge in [0.25, 0.3) is 0 Å². The van der Waals surface area contributed by atoms with Gasteiger partial charge in [-0.2, -0.15) is 0 Å². The molecule has 0 bridgehead atoms. The highest BCUT2D eigenvalue weighted by Crippen LogP contribution is 2.65. The van der Waals surface area contributed by atoms with Crippen LogP contribution in [0.25, 0.3) is 44.8 Å². The number of hydrogen-bond donors (Lipinski definition) is 0. The van der Waals surface area contributed by atoms with Crippen molar-refractivity contribution in [3.63, 3.8) is 0 Å². The van der Waals surface area contributed by atoms with Gasteiger partial charge >= 0.3 is 0 Å². The Hall–Kier alpha value is -6.00. The second kappa shape index (κ2) is 9.01. The average molecular weight is 577 g/mol. The zero-order valence-electron chi connectivity index (χ0n) is 24.1. The Balaban J connectivity index is 1.22. The normalized spacial score (nSPS) is 13.9. The second-order valence-electron chi connectivity index (χ2n) is 11.8. The Morgan fingerprint density at radius 1 is 0.378 bits per heavy atom. The van der Waals surface area contributed by atoms with Gasteiger partial charge in [0.15, 0.2) is 28.8 Å². The van der Waals surface area contributed by atoms with E-state index in [1.54, 1.807) is 0 Å². The van der Waals surface area contributed by atoms with E-state index < -0.39 is 5.41 Å². The van der Waals surface area contributed by atoms with Crippen molar-refractivity contribution in [3.05, 3.63) is 168 Å². The van der Waals surface area contributed by atoms with Crippen LogP contribution in [0.2, 0.25) is 0 Å². The number of para-hydroxylation sites is 2. The van der Waals surface area contributed by atoms with E-state index in [0.717, 1.165) is 45.3 Å². The predicted molar refractivity (Wildman–Crippen MR) is 176 cm³/mol. The van der Waals surface area contributed by atoms with Crippen LogP contribution >= 0.6 is 0 Å². The average Bonchev–Trinajstić information content (AvgIpc) is 3.56. The third-order valence-corrected chi connectivity index (χ3v) is 9.46. The number of benzene rings is 6. The molecule has 2 aliphatic carbocycles. The van der Waals surface area contributed by atoms with E-state index in [4.69, 9.17) is 19.4 Å². The van der Waals surface area contributed by atoms with Gasteiger partial charge in [-0.05, 0) is 80.4 Å². The topological polar surface area (TPSA) is 44.2 Å². The van der Waals surface area contributed by atoms with Crippen LogP contribution in [0.5, 0.6) is 23.0 Å². The minimum atomic E-state index is -0.535. The Morgan fingerprint density at radius 3 is 1.62 bits per heavy atom. The first-order chi connectivity index (χ1) is 22.3. The van der Waals surface area contributed by atoms with Gasteiger partial charge in [-0.1, -0.05) is 103 Å². The Kier molecular flexibility index (Phi) is 4.89. The number of fused-ring (bicyclic) bond motifs is 12. The van der Waals surface area contributed by atoms with Crippen molar-refractivity contribution >= 4 is 0 Å². The summed E-state index contributed by atoms with van der Waals surface area (Å²) in [5.74, 6) is 3.59. The third-order valence-electron chi connectivity index (χ3n) is 9.46. The maximum absolute atomic E-state index is 6.48. The van der Waals surface area contributed by atoms with Crippen molar-refractivity contribution in [3.8, 4) is 67.8 Å². The highest BCUT2D eigenvalue weighted by molar-refractivity contribution is 5.96. The minimum absolute atomic E-state index is 0.535. The highest BCUT2D eigenvalue weighted by Gasteiger charge is 2.52. The van der Waals surface area contributed by atoms with E-state index in [-0.39, 0.29) is 0 Å². The number of ether oxygens (including phenoxy) is 2. The molecule has 0 radical (unpaired) electrons. The molecule has 3 aliphatic rings. The molecule has 0 fully saturated rings. The Bertz CT molecular complexity index is 2280. The van der Waals surface area contributed by atoms with Crippen LogP contribution in [0.3, 0.4) is 0 Å². The molecule has 6 aromatic carbocycles. The van der Waals surface area contributed by atoms with E-state index in [0.29, 0.717) is 5.82 Å². The molecule has 1 aliphatic heterocycles. The van der Waals surface area contributed by atoms with Gasteiger partial charge in [-0.15, -0.1) is 0 Å². The first kappa shape index (κ1) is 24.4. The fraction of sp³-hybridized carbons (Fsp3) is 0.0244. The molecule has 0 saturated carbocycles. The quantitative estimate of drug-likeness (QED) is 0.205. The van der Waals surface area contributed by atoms with E-state index >= 15 is 0 Å². The third kappa shape index (κ3) is 3.31. The fourth-order valence-corrected chi connectivity index (χ4v) is 7.55. The Morgan fingerprint density at radius 2 is 0.933 bits per heavy atom. The van der Waals surface area contributed by atoms with E-state index in [1.165, 1.54) is 38.9 Å². The molecule has 1 spiro atoms. The number of rotatable bonds is 2. The summed E-state index contributed by atoms with van der Waals surface area (Å²) >= 11 is 0. The van der Waals surface area contributed by atoms with Crippen LogP contribution < -0.4 is 9.47 Å². The van der Waals surface area contributed by atoms with Crippen molar-refractivity contribution in [1.29, 1.82) is 0 Å². The highest BCUT2D eigenvalue weighted by atomic mass is 16.6. The molecule has 45 heavy (non-hydrogen) atoms. The number of aromatic nitrogens is 2. The van der Waals surface area contributed by atoms with Crippen LogP contribution in [-0.4, -0.2) is 9.97 Å². The Labute approximate surface area is 260 Å². The van der Waals surface area contributed by atoms with Crippen LogP contribution in [0, 0.1) is 0 Å². The number of hydrogen-bond acceptors (Lipinski definition) is 4. The SMILES string of the molecule is c1ccc(-c2cnc(-c3ccc4c(c3)C3(c5ccccc5-c5ccccc53)c3cc5c(cc3-4)Oc3ccccc3O5)nc2)cc1. The van der Waals surface area contributed by atoms with Crippen LogP contribution in [-0.2, 0) is 5.41 Å². The summed E-state index contributed by atoms with van der Waals surface area (Å²) in [5.41, 5.74) is 12.3. The summed E-state index contributed by atoms with van der Waals surface area (Å²) in [7, 11) is 0. The molecule has 0 atom stereocenters. The molecule has 210 valence electrons. The molecule has 0 unspecified atom stereocenters. The van der Waals surface area contributed by atoms with Gasteiger partial charge in [0.2, 0.25) is 0 Å². The van der Waals surface area contributed by atoms with Gasteiger partial charge in [0, 0.05) is 23.5 Å². The van der Waals surface area contributed by atoms with Gasteiger partial charge in [-0.25, -0.2) is 9.97 Å². The van der Waals surface area contributed by atoms with E-state index in [2.05, 4.69) is 91.0 Å². The van der Waals surface area contributed by atoms with Gasteiger partial charge in [-0.3, -0.25) is 0 Å². The predicted octanol–water partition coefficient (Wildman–Crippen LogP) is 10.1. The second-order valence-corrected chi connectivity index (χ2v) is 11.8. The lowest BCUT2D eigenvalue weighted by Crippen LogP contribution is -2.26. The number of nitrogens with zero attached hydrogens (tertiary/aromatic N) is 2. The summed E-state index contributed by atoms with van der Waals surface area (Å²) in [4.78, 5) is 9.68. The van der Waals surface area contributed by atoms with Crippen molar-refractivity contribution < 1.29 is 9.47 Å². The van der Waals surface area contributed by atoms with Crippen LogP contribution in [0.1, 0.15) is 22.3 Å². The van der Waals surface area contributed by atoms with Crippen molar-refractivity contribution in [2.75, 3.05) is 0 Å². The molecule has 10 rings (SSSR count). The molecule has 0 N–H and O–H groups in total. The lowest BCUT2D eigenvalue weighted by Gasteiger charge is -2.31. The molecular formula is C41H24N2O2. The summed E-state index contributed by atoms with van der Waals surface area (Å²) in [6, 6.07) is 46.7. The summed E-state index contributed by atoms with van der Waals surface area (Å²) < 4.78 is 12.9. The van der Waals surface area contributed by atoms with Gasteiger partial charge < -0.3 is 9.47 Å². The first-order valence-corrected chi connectivity index (χ1v) is 15.1. The molecule has 0 saturated heterocycles. The molecule has 4 nitrogen and oxygen atoms in total. The molecule has 4 heteroatoms. The van der Waals surface area contributed by atoms with Crippen LogP contribution in [0.15, 0.2) is 146 Å². The lowest BCUT2D eigenvalue weighted by molar-refractivity contribution is 0.359. The zero-order valence-corrected chi connectivity index (χ0v) is 24.1. The standard InChI is InChI=1S/C41H24N2O2/c1-2-10-25(11-3-1)27-23-42-40(43-24-27)26-18-19-30-31-21-38-39(45-37-17-9-8-16-36(37)44-38)22-35(31)41(34(30)20-26)32-14-6-4-12-28(32)29-13-5-7-15-33(29)41/h1-24H. The smallest absolute Gasteiger partial charge is 0.170 e. The van der Waals surface area contributed by atoms with E-state index in [1.807, 2.05) is 54.9 Å². The molecule has 1 aromatic heterocycles. The van der Waals surface area contributed by atoms with Crippen molar-refractivity contribution in [2.45, 2.75) is 5.41 Å².